The molecule has 1 N–H and O–H groups in total. The van der Waals surface area contributed by atoms with E-state index in [0.717, 1.165) is 11.1 Å². The van der Waals surface area contributed by atoms with Crippen LogP contribution in [0.5, 0.6) is 5.75 Å². The van der Waals surface area contributed by atoms with E-state index < -0.39 is 11.0 Å². The molecular formula is C15H18N2O4. The van der Waals surface area contributed by atoms with Crippen LogP contribution in [0.15, 0.2) is 36.7 Å². The molecule has 0 saturated heterocycles. The highest BCUT2D eigenvalue weighted by atomic mass is 16.6. The van der Waals surface area contributed by atoms with Crippen LogP contribution in [0, 0.1) is 10.1 Å². The molecule has 0 radical (unpaired) electrons. The zero-order valence-electron chi connectivity index (χ0n) is 12.0. The fourth-order valence-corrected chi connectivity index (χ4v) is 2.16. The molecule has 0 amide bonds. The molecule has 0 aliphatic heterocycles. The van der Waals surface area contributed by atoms with Gasteiger partial charge in [-0.25, -0.2) is 0 Å². The Morgan fingerprint density at radius 1 is 1.43 bits per heavy atom. The number of non-ortho nitro benzene ring substituents is 1. The summed E-state index contributed by atoms with van der Waals surface area (Å²) in [5.41, 5.74) is 1.62. The number of aliphatic hydroxyl groups is 1. The normalized spacial score (nSPS) is 12.1. The Morgan fingerprint density at radius 3 is 2.81 bits per heavy atom. The van der Waals surface area contributed by atoms with Gasteiger partial charge in [0.05, 0.1) is 24.2 Å². The van der Waals surface area contributed by atoms with Crippen molar-refractivity contribution < 1.29 is 14.8 Å². The molecule has 0 spiro atoms. The van der Waals surface area contributed by atoms with Crippen molar-refractivity contribution in [2.24, 2.45) is 0 Å². The number of benzene rings is 1. The summed E-state index contributed by atoms with van der Waals surface area (Å²) >= 11 is 0. The number of methoxy groups -OCH3 is 1. The third-order valence-corrected chi connectivity index (χ3v) is 3.31. The molecule has 6 nitrogen and oxygen atoms in total. The first kappa shape index (κ1) is 15.1. The van der Waals surface area contributed by atoms with Gasteiger partial charge in [-0.05, 0) is 29.7 Å². The van der Waals surface area contributed by atoms with E-state index in [4.69, 9.17) is 4.74 Å². The number of aliphatic hydroxyl groups excluding tert-OH is 1. The zero-order chi connectivity index (χ0) is 15.4. The van der Waals surface area contributed by atoms with Gasteiger partial charge in [-0.2, -0.15) is 0 Å². The second-order valence-electron chi connectivity index (χ2n) is 4.84. The van der Waals surface area contributed by atoms with E-state index in [1.165, 1.54) is 19.2 Å². The number of nitro benzene ring substituents is 1. The Hall–Kier alpha value is -2.34. The van der Waals surface area contributed by atoms with Gasteiger partial charge in [-0.3, -0.25) is 10.1 Å². The molecular weight excluding hydrogens is 272 g/mol. The van der Waals surface area contributed by atoms with Crippen LogP contribution in [-0.4, -0.2) is 21.7 Å². The van der Waals surface area contributed by atoms with Crippen LogP contribution in [0.25, 0.3) is 0 Å². The van der Waals surface area contributed by atoms with Gasteiger partial charge in [0, 0.05) is 25.0 Å². The lowest BCUT2D eigenvalue weighted by Crippen LogP contribution is -2.00. The van der Waals surface area contributed by atoms with Crippen LogP contribution in [0.4, 0.5) is 5.69 Å². The summed E-state index contributed by atoms with van der Waals surface area (Å²) in [6, 6.07) is 6.54. The minimum absolute atomic E-state index is 0.00493. The molecule has 0 bridgehead atoms. The van der Waals surface area contributed by atoms with Crippen LogP contribution < -0.4 is 4.74 Å². The van der Waals surface area contributed by atoms with Crippen LogP contribution in [0.2, 0.25) is 0 Å². The maximum Gasteiger partial charge on any atom is 0.273 e. The van der Waals surface area contributed by atoms with Gasteiger partial charge in [0.15, 0.2) is 0 Å². The summed E-state index contributed by atoms with van der Waals surface area (Å²) in [5.74, 6) is 0.458. The first-order chi connectivity index (χ1) is 10.0. The molecule has 6 heteroatoms. The number of aromatic nitrogens is 1. The maximum absolute atomic E-state index is 10.9. The fourth-order valence-electron chi connectivity index (χ4n) is 2.16. The molecule has 1 unspecified atom stereocenters. The minimum atomic E-state index is -0.481. The molecule has 1 aromatic carbocycles. The molecule has 112 valence electrons. The number of ether oxygens (including phenoxy) is 1. The van der Waals surface area contributed by atoms with Crippen molar-refractivity contribution >= 4 is 5.69 Å². The van der Waals surface area contributed by atoms with Crippen molar-refractivity contribution in [2.75, 3.05) is 7.11 Å². The average Bonchev–Trinajstić information content (AvgIpc) is 2.94. The molecule has 0 saturated carbocycles. The predicted octanol–water partition coefficient (Wildman–Crippen LogP) is 2.90. The Balaban J connectivity index is 2.24. The number of hydrogen-bond donors (Lipinski definition) is 1. The fraction of sp³-hybridized carbons (Fsp3) is 0.333. The van der Waals surface area contributed by atoms with Crippen molar-refractivity contribution in [3.63, 3.8) is 0 Å². The maximum atomic E-state index is 10.9. The second kappa shape index (κ2) is 6.41. The Morgan fingerprint density at radius 2 is 2.19 bits per heavy atom. The van der Waals surface area contributed by atoms with Gasteiger partial charge in [0.1, 0.15) is 5.75 Å². The molecule has 0 fully saturated rings. The summed E-state index contributed by atoms with van der Waals surface area (Å²) < 4.78 is 6.97. The summed E-state index contributed by atoms with van der Waals surface area (Å²) in [7, 11) is 1.48. The van der Waals surface area contributed by atoms with Gasteiger partial charge < -0.3 is 14.4 Å². The van der Waals surface area contributed by atoms with E-state index in [-0.39, 0.29) is 5.69 Å². The van der Waals surface area contributed by atoms with E-state index in [1.807, 2.05) is 30.0 Å². The first-order valence-electron chi connectivity index (χ1n) is 6.69. The Bertz CT molecular complexity index is 636. The van der Waals surface area contributed by atoms with E-state index in [9.17, 15) is 15.2 Å². The first-order valence-corrected chi connectivity index (χ1v) is 6.69. The van der Waals surface area contributed by atoms with Crippen LogP contribution in [0.3, 0.4) is 0 Å². The molecule has 21 heavy (non-hydrogen) atoms. The largest absolute Gasteiger partial charge is 0.496 e. The lowest BCUT2D eigenvalue weighted by Gasteiger charge is -2.07. The smallest absolute Gasteiger partial charge is 0.273 e. The molecule has 2 rings (SSSR count). The van der Waals surface area contributed by atoms with Gasteiger partial charge in [0.2, 0.25) is 0 Å². The third-order valence-electron chi connectivity index (χ3n) is 3.31. The average molecular weight is 290 g/mol. The van der Waals surface area contributed by atoms with Crippen LogP contribution >= 0.6 is 0 Å². The SMILES string of the molecule is CCC(O)c1ccn(Cc2cc(OC)cc([N+](=O)[O-])c2)c1. The number of rotatable bonds is 6. The summed E-state index contributed by atoms with van der Waals surface area (Å²) in [5, 5.41) is 20.7. The molecule has 1 atom stereocenters. The summed E-state index contributed by atoms with van der Waals surface area (Å²) in [6.07, 6.45) is 3.86. The minimum Gasteiger partial charge on any atom is -0.496 e. The quantitative estimate of drug-likeness (QED) is 0.655. The Labute approximate surface area is 122 Å². The van der Waals surface area contributed by atoms with Gasteiger partial charge in [0.25, 0.3) is 5.69 Å². The lowest BCUT2D eigenvalue weighted by atomic mass is 10.1. The highest BCUT2D eigenvalue weighted by Crippen LogP contribution is 2.24. The number of nitrogens with zero attached hydrogens (tertiary/aromatic N) is 2. The molecule has 0 aliphatic rings. The van der Waals surface area contributed by atoms with Crippen LogP contribution in [0.1, 0.15) is 30.6 Å². The molecule has 1 heterocycles. The van der Waals surface area contributed by atoms with Gasteiger partial charge in [-0.15, -0.1) is 0 Å². The topological polar surface area (TPSA) is 77.5 Å². The van der Waals surface area contributed by atoms with Gasteiger partial charge >= 0.3 is 0 Å². The predicted molar refractivity (Wildman–Crippen MR) is 78.4 cm³/mol. The molecule has 1 aromatic heterocycles. The van der Waals surface area contributed by atoms with Crippen molar-refractivity contribution in [3.05, 3.63) is 57.9 Å². The zero-order valence-corrected chi connectivity index (χ0v) is 12.0. The highest BCUT2D eigenvalue weighted by molar-refractivity contribution is 5.43. The van der Waals surface area contributed by atoms with Crippen molar-refractivity contribution in [3.8, 4) is 5.75 Å². The van der Waals surface area contributed by atoms with Gasteiger partial charge in [-0.1, -0.05) is 6.92 Å². The van der Waals surface area contributed by atoms with E-state index in [2.05, 4.69) is 0 Å². The summed E-state index contributed by atoms with van der Waals surface area (Å²) in [4.78, 5) is 10.5. The lowest BCUT2D eigenvalue weighted by molar-refractivity contribution is -0.385. The second-order valence-corrected chi connectivity index (χ2v) is 4.84. The number of hydrogen-bond acceptors (Lipinski definition) is 4. The number of nitro groups is 1. The van der Waals surface area contributed by atoms with Crippen LogP contribution in [-0.2, 0) is 6.54 Å². The monoisotopic (exact) mass is 290 g/mol. The van der Waals surface area contributed by atoms with Crippen molar-refractivity contribution in [1.29, 1.82) is 0 Å². The van der Waals surface area contributed by atoms with Crippen molar-refractivity contribution in [1.82, 2.24) is 4.57 Å². The van der Waals surface area contributed by atoms with E-state index in [0.29, 0.717) is 18.7 Å². The molecule has 2 aromatic rings. The third kappa shape index (κ3) is 3.61. The highest BCUT2D eigenvalue weighted by Gasteiger charge is 2.11. The summed E-state index contributed by atoms with van der Waals surface area (Å²) in [6.45, 7) is 2.39. The Kier molecular flexibility index (Phi) is 4.59. The van der Waals surface area contributed by atoms with E-state index >= 15 is 0 Å². The standard InChI is InChI=1S/C15H18N2O4/c1-3-15(18)12-4-5-16(10-12)9-11-6-13(17(19)20)8-14(7-11)21-2/h4-8,10,15,18H,3,9H2,1-2H3. The molecule has 0 aliphatic carbocycles. The van der Waals surface area contributed by atoms with E-state index in [1.54, 1.807) is 6.07 Å². The van der Waals surface area contributed by atoms with Crippen molar-refractivity contribution in [2.45, 2.75) is 26.0 Å².